The molecule has 4 N–H and O–H groups in total. The van der Waals surface area contributed by atoms with E-state index < -0.39 is 0 Å². The van der Waals surface area contributed by atoms with Crippen molar-refractivity contribution in [2.24, 2.45) is 5.73 Å². The van der Waals surface area contributed by atoms with Crippen molar-refractivity contribution in [3.05, 3.63) is 23.8 Å². The number of rotatable bonds is 4. The number of amides is 2. The Morgan fingerprint density at radius 1 is 1.32 bits per heavy atom. The molecule has 0 saturated carbocycles. The standard InChI is InChI=1S/C16H23N3O3/c1-11-2-3-13(14(20)10-11)18-15(21)4-5-16(22)19-8-6-12(17)7-9-19/h2-3,10,12,20H,4-9,17H2,1H3,(H,18,21). The number of nitrogens with one attached hydrogen (secondary N) is 1. The van der Waals surface area contributed by atoms with E-state index in [0.717, 1.165) is 18.4 Å². The van der Waals surface area contributed by atoms with Crippen LogP contribution in [-0.2, 0) is 9.59 Å². The lowest BCUT2D eigenvalue weighted by Crippen LogP contribution is -2.43. The monoisotopic (exact) mass is 305 g/mol. The van der Waals surface area contributed by atoms with Crippen LogP contribution in [0.1, 0.15) is 31.2 Å². The van der Waals surface area contributed by atoms with Gasteiger partial charge in [0.1, 0.15) is 5.75 Å². The van der Waals surface area contributed by atoms with Gasteiger partial charge in [-0.05, 0) is 37.5 Å². The number of phenols is 1. The molecule has 1 aliphatic rings. The summed E-state index contributed by atoms with van der Waals surface area (Å²) in [6, 6.07) is 5.21. The van der Waals surface area contributed by atoms with Crippen molar-refractivity contribution < 1.29 is 14.7 Å². The predicted molar refractivity (Wildman–Crippen MR) is 84.5 cm³/mol. The molecular formula is C16H23N3O3. The van der Waals surface area contributed by atoms with Crippen molar-refractivity contribution in [1.29, 1.82) is 0 Å². The zero-order valence-corrected chi connectivity index (χ0v) is 12.8. The summed E-state index contributed by atoms with van der Waals surface area (Å²) in [4.78, 5) is 25.7. The molecule has 1 fully saturated rings. The van der Waals surface area contributed by atoms with E-state index in [1.165, 1.54) is 0 Å². The molecule has 0 aromatic heterocycles. The fraction of sp³-hybridized carbons (Fsp3) is 0.500. The van der Waals surface area contributed by atoms with E-state index in [1.807, 2.05) is 6.92 Å². The highest BCUT2D eigenvalue weighted by molar-refractivity contribution is 5.94. The maximum atomic E-state index is 12.0. The molecule has 2 amide bonds. The molecular weight excluding hydrogens is 282 g/mol. The van der Waals surface area contributed by atoms with Gasteiger partial charge in [0.05, 0.1) is 5.69 Å². The van der Waals surface area contributed by atoms with Crippen molar-refractivity contribution in [3.63, 3.8) is 0 Å². The third-order valence-electron chi connectivity index (χ3n) is 3.89. The summed E-state index contributed by atoms with van der Waals surface area (Å²) in [5, 5.41) is 12.4. The SMILES string of the molecule is Cc1ccc(NC(=O)CCC(=O)N2CCC(N)CC2)c(O)c1. The highest BCUT2D eigenvalue weighted by Crippen LogP contribution is 2.24. The van der Waals surface area contributed by atoms with Crippen LogP contribution in [-0.4, -0.2) is 41.0 Å². The molecule has 120 valence electrons. The fourth-order valence-corrected chi connectivity index (χ4v) is 2.49. The molecule has 0 spiro atoms. The van der Waals surface area contributed by atoms with Crippen LogP contribution in [0.5, 0.6) is 5.75 Å². The molecule has 0 radical (unpaired) electrons. The van der Waals surface area contributed by atoms with Crippen molar-refractivity contribution in [1.82, 2.24) is 4.90 Å². The van der Waals surface area contributed by atoms with E-state index >= 15 is 0 Å². The van der Waals surface area contributed by atoms with Crippen LogP contribution in [0.15, 0.2) is 18.2 Å². The number of hydrogen-bond acceptors (Lipinski definition) is 4. The molecule has 1 heterocycles. The number of nitrogens with two attached hydrogens (primary N) is 1. The third-order valence-corrected chi connectivity index (χ3v) is 3.89. The molecule has 0 unspecified atom stereocenters. The molecule has 1 aromatic rings. The van der Waals surface area contributed by atoms with Gasteiger partial charge in [0, 0.05) is 32.0 Å². The molecule has 1 aliphatic heterocycles. The Kier molecular flexibility index (Phi) is 5.38. The number of carbonyl (C=O) groups excluding carboxylic acids is 2. The number of likely N-dealkylation sites (tertiary alicyclic amines) is 1. The minimum Gasteiger partial charge on any atom is -0.506 e. The second-order valence-electron chi connectivity index (χ2n) is 5.79. The lowest BCUT2D eigenvalue weighted by Gasteiger charge is -2.30. The minimum atomic E-state index is -0.277. The van der Waals surface area contributed by atoms with Crippen LogP contribution in [0.3, 0.4) is 0 Å². The summed E-state index contributed by atoms with van der Waals surface area (Å²) < 4.78 is 0. The van der Waals surface area contributed by atoms with E-state index in [-0.39, 0.29) is 36.4 Å². The van der Waals surface area contributed by atoms with Crippen molar-refractivity contribution in [2.45, 2.75) is 38.6 Å². The van der Waals surface area contributed by atoms with Crippen LogP contribution in [0.2, 0.25) is 0 Å². The Labute approximate surface area is 130 Å². The normalized spacial score (nSPS) is 15.6. The molecule has 1 saturated heterocycles. The van der Waals surface area contributed by atoms with Crippen molar-refractivity contribution >= 4 is 17.5 Å². The number of aryl methyl sites for hydroxylation is 1. The summed E-state index contributed by atoms with van der Waals surface area (Å²) in [6.45, 7) is 3.19. The van der Waals surface area contributed by atoms with Gasteiger partial charge in [-0.15, -0.1) is 0 Å². The van der Waals surface area contributed by atoms with E-state index in [2.05, 4.69) is 5.32 Å². The molecule has 1 aromatic carbocycles. The van der Waals surface area contributed by atoms with Gasteiger partial charge in [0.25, 0.3) is 0 Å². The number of benzene rings is 1. The number of phenolic OH excluding ortho intramolecular Hbond substituents is 1. The highest BCUT2D eigenvalue weighted by atomic mass is 16.3. The first-order chi connectivity index (χ1) is 10.5. The van der Waals surface area contributed by atoms with Crippen LogP contribution in [0.25, 0.3) is 0 Å². The number of hydrogen-bond donors (Lipinski definition) is 3. The largest absolute Gasteiger partial charge is 0.506 e. The summed E-state index contributed by atoms with van der Waals surface area (Å²) in [5.41, 5.74) is 7.08. The molecule has 6 heteroatoms. The Hall–Kier alpha value is -2.08. The van der Waals surface area contributed by atoms with Gasteiger partial charge < -0.3 is 21.1 Å². The first-order valence-electron chi connectivity index (χ1n) is 7.58. The maximum Gasteiger partial charge on any atom is 0.224 e. The molecule has 6 nitrogen and oxygen atoms in total. The average Bonchev–Trinajstić information content (AvgIpc) is 2.48. The zero-order chi connectivity index (χ0) is 16.1. The molecule has 0 bridgehead atoms. The minimum absolute atomic E-state index is 0.0184. The van der Waals surface area contributed by atoms with Gasteiger partial charge in [0.2, 0.25) is 11.8 Å². The number of nitrogens with zero attached hydrogens (tertiary/aromatic N) is 1. The van der Waals surface area contributed by atoms with Gasteiger partial charge in [-0.3, -0.25) is 9.59 Å². The lowest BCUT2D eigenvalue weighted by molar-refractivity contribution is -0.133. The van der Waals surface area contributed by atoms with Gasteiger partial charge in [-0.1, -0.05) is 6.07 Å². The second-order valence-corrected chi connectivity index (χ2v) is 5.79. The summed E-state index contributed by atoms with van der Waals surface area (Å²) in [5.74, 6) is -0.263. The van der Waals surface area contributed by atoms with Crippen LogP contribution in [0.4, 0.5) is 5.69 Å². The number of piperidine rings is 1. The van der Waals surface area contributed by atoms with Crippen LogP contribution < -0.4 is 11.1 Å². The summed E-state index contributed by atoms with van der Waals surface area (Å²) >= 11 is 0. The van der Waals surface area contributed by atoms with Crippen molar-refractivity contribution in [2.75, 3.05) is 18.4 Å². The maximum absolute atomic E-state index is 12.0. The Balaban J connectivity index is 1.79. The van der Waals surface area contributed by atoms with E-state index in [9.17, 15) is 14.7 Å². The quantitative estimate of drug-likeness (QED) is 0.732. The van der Waals surface area contributed by atoms with Gasteiger partial charge in [0.15, 0.2) is 0 Å². The highest BCUT2D eigenvalue weighted by Gasteiger charge is 2.21. The fourth-order valence-electron chi connectivity index (χ4n) is 2.49. The Morgan fingerprint density at radius 2 is 2.00 bits per heavy atom. The summed E-state index contributed by atoms with van der Waals surface area (Å²) in [6.07, 6.45) is 1.91. The topological polar surface area (TPSA) is 95.7 Å². The van der Waals surface area contributed by atoms with E-state index in [0.29, 0.717) is 18.8 Å². The second kappa shape index (κ2) is 7.26. The third kappa shape index (κ3) is 4.46. The Bertz CT molecular complexity index is 552. The Morgan fingerprint density at radius 3 is 2.64 bits per heavy atom. The van der Waals surface area contributed by atoms with Crippen LogP contribution >= 0.6 is 0 Å². The first-order valence-corrected chi connectivity index (χ1v) is 7.58. The molecule has 22 heavy (non-hydrogen) atoms. The van der Waals surface area contributed by atoms with Crippen molar-refractivity contribution in [3.8, 4) is 5.75 Å². The van der Waals surface area contributed by atoms with E-state index in [4.69, 9.17) is 5.73 Å². The smallest absolute Gasteiger partial charge is 0.224 e. The number of carbonyl (C=O) groups is 2. The van der Waals surface area contributed by atoms with Gasteiger partial charge >= 0.3 is 0 Å². The van der Waals surface area contributed by atoms with Gasteiger partial charge in [-0.25, -0.2) is 0 Å². The molecule has 0 atom stereocenters. The zero-order valence-electron chi connectivity index (χ0n) is 12.8. The number of aromatic hydroxyl groups is 1. The number of anilines is 1. The molecule has 2 rings (SSSR count). The van der Waals surface area contributed by atoms with Gasteiger partial charge in [-0.2, -0.15) is 0 Å². The van der Waals surface area contributed by atoms with E-state index in [1.54, 1.807) is 23.1 Å². The predicted octanol–water partition coefficient (Wildman–Crippen LogP) is 1.37. The average molecular weight is 305 g/mol. The lowest BCUT2D eigenvalue weighted by atomic mass is 10.1. The summed E-state index contributed by atoms with van der Waals surface area (Å²) in [7, 11) is 0. The van der Waals surface area contributed by atoms with Crippen LogP contribution in [0, 0.1) is 6.92 Å². The first kappa shape index (κ1) is 16.3. The molecule has 0 aliphatic carbocycles.